The third-order valence-corrected chi connectivity index (χ3v) is 5.24. The minimum absolute atomic E-state index is 0.235. The first-order valence-corrected chi connectivity index (χ1v) is 10.7. The molecule has 0 spiro atoms. The van der Waals surface area contributed by atoms with Crippen LogP contribution in [0.15, 0.2) is 24.3 Å². The molecule has 0 aliphatic carbocycles. The van der Waals surface area contributed by atoms with Crippen LogP contribution in [0.3, 0.4) is 0 Å². The second-order valence-corrected chi connectivity index (χ2v) is 7.56. The summed E-state index contributed by atoms with van der Waals surface area (Å²) in [4.78, 5) is 47.7. The molecule has 1 fully saturated rings. The summed E-state index contributed by atoms with van der Waals surface area (Å²) in [7, 11) is 1.16. The summed E-state index contributed by atoms with van der Waals surface area (Å²) in [5, 5.41) is 0.687. The van der Waals surface area contributed by atoms with Crippen molar-refractivity contribution in [2.24, 2.45) is 0 Å². The topological polar surface area (TPSA) is 114 Å². The van der Waals surface area contributed by atoms with Gasteiger partial charge >= 0.3 is 23.9 Å². The van der Waals surface area contributed by atoms with E-state index in [9.17, 15) is 19.2 Å². The minimum atomic E-state index is -1.38. The maximum Gasteiger partial charge on any atom is 0.339 e. The zero-order chi connectivity index (χ0) is 23.1. The fourth-order valence-corrected chi connectivity index (χ4v) is 3.74. The zero-order valence-electron chi connectivity index (χ0n) is 17.7. The van der Waals surface area contributed by atoms with Gasteiger partial charge in [-0.3, -0.25) is 14.4 Å². The molecule has 0 N–H and O–H groups in total. The van der Waals surface area contributed by atoms with E-state index in [1.807, 2.05) is 24.3 Å². The van der Waals surface area contributed by atoms with Gasteiger partial charge in [-0.2, -0.15) is 0 Å². The van der Waals surface area contributed by atoms with Crippen LogP contribution in [-0.4, -0.2) is 61.5 Å². The number of alkyl halides is 1. The fraction of sp³-hybridized carbons (Fsp3) is 0.524. The number of carbonyl (C=O) groups is 4. The summed E-state index contributed by atoms with van der Waals surface area (Å²) in [6.45, 7) is 3.49. The summed E-state index contributed by atoms with van der Waals surface area (Å²) in [6, 6.07) is 7.57. The van der Waals surface area contributed by atoms with Crippen LogP contribution in [0.4, 0.5) is 0 Å². The third kappa shape index (κ3) is 6.76. The van der Waals surface area contributed by atoms with Gasteiger partial charge in [-0.15, -0.1) is 0 Å². The van der Waals surface area contributed by atoms with Crippen molar-refractivity contribution < 1.29 is 42.9 Å². The molecule has 31 heavy (non-hydrogen) atoms. The van der Waals surface area contributed by atoms with Crippen molar-refractivity contribution in [3.05, 3.63) is 35.4 Å². The Balaban J connectivity index is 2.46. The Hall–Kier alpha value is -2.46. The molecule has 0 radical (unpaired) electrons. The van der Waals surface area contributed by atoms with Gasteiger partial charge < -0.3 is 23.7 Å². The Labute approximate surface area is 188 Å². The van der Waals surface area contributed by atoms with Crippen LogP contribution < -0.4 is 0 Å². The molecule has 0 aromatic heterocycles. The lowest BCUT2D eigenvalue weighted by Crippen LogP contribution is -2.63. The summed E-state index contributed by atoms with van der Waals surface area (Å²) < 4.78 is 26.7. The molecule has 1 aliphatic rings. The predicted octanol–water partition coefficient (Wildman–Crippen LogP) is 1.86. The van der Waals surface area contributed by atoms with E-state index in [-0.39, 0.29) is 6.42 Å². The van der Waals surface area contributed by atoms with Crippen molar-refractivity contribution >= 4 is 39.8 Å². The van der Waals surface area contributed by atoms with E-state index >= 15 is 0 Å². The smallest absolute Gasteiger partial charge is 0.339 e. The molecule has 10 heteroatoms. The molecule has 1 heterocycles. The van der Waals surface area contributed by atoms with E-state index in [0.29, 0.717) is 5.33 Å². The first-order chi connectivity index (χ1) is 14.7. The Morgan fingerprint density at radius 3 is 1.81 bits per heavy atom. The summed E-state index contributed by atoms with van der Waals surface area (Å²) in [5.74, 6) is -2.90. The van der Waals surface area contributed by atoms with Gasteiger partial charge in [-0.25, -0.2) is 4.79 Å². The number of esters is 4. The van der Waals surface area contributed by atoms with Crippen molar-refractivity contribution in [1.82, 2.24) is 0 Å². The average molecular weight is 501 g/mol. The van der Waals surface area contributed by atoms with Gasteiger partial charge in [0.1, 0.15) is 6.10 Å². The Morgan fingerprint density at radius 1 is 0.839 bits per heavy atom. The number of carbonyl (C=O) groups excluding carboxylic acids is 4. The molecule has 9 nitrogen and oxygen atoms in total. The van der Waals surface area contributed by atoms with E-state index in [0.717, 1.165) is 32.1 Å². The molecular formula is C21H25BrO9. The molecule has 5 atom stereocenters. The van der Waals surface area contributed by atoms with E-state index < -0.39 is 54.4 Å². The molecule has 0 saturated carbocycles. The maximum atomic E-state index is 12.4. The number of halogens is 1. The first-order valence-electron chi connectivity index (χ1n) is 9.55. The molecule has 1 aromatic rings. The number of rotatable bonds is 7. The fourth-order valence-electron chi connectivity index (χ4n) is 3.36. The van der Waals surface area contributed by atoms with Crippen LogP contribution in [-0.2, 0) is 54.6 Å². The first kappa shape index (κ1) is 24.8. The SMILES string of the molecule is COC(=O)C1O[C@@H](Cc2ccc(CBr)cc2)C(OC(C)=O)C(OC(C)=O)[C@@H]1OC(C)=O. The highest BCUT2D eigenvalue weighted by Crippen LogP contribution is 2.31. The standard InChI is InChI=1S/C21H25BrO9/c1-11(23)28-17-16(9-14-5-7-15(10-22)8-6-14)31-20(21(26)27-4)19(30-13(3)25)18(17)29-12(2)24/h5-8,16-20H,9-10H2,1-4H3/t16-,17?,18?,19-,20?/m0/s1. The van der Waals surface area contributed by atoms with E-state index in [4.69, 9.17) is 23.7 Å². The molecule has 170 valence electrons. The minimum Gasteiger partial charge on any atom is -0.467 e. The summed E-state index contributed by atoms with van der Waals surface area (Å²) >= 11 is 3.38. The lowest BCUT2D eigenvalue weighted by atomic mass is 9.90. The van der Waals surface area contributed by atoms with E-state index in [2.05, 4.69) is 15.9 Å². The Morgan fingerprint density at radius 2 is 1.32 bits per heavy atom. The van der Waals surface area contributed by atoms with Gasteiger partial charge in [0, 0.05) is 32.5 Å². The van der Waals surface area contributed by atoms with Gasteiger partial charge in [0.2, 0.25) is 0 Å². The monoisotopic (exact) mass is 500 g/mol. The van der Waals surface area contributed by atoms with Gasteiger partial charge in [0.05, 0.1) is 7.11 Å². The van der Waals surface area contributed by atoms with Crippen molar-refractivity contribution in [2.75, 3.05) is 7.11 Å². The second-order valence-electron chi connectivity index (χ2n) is 6.99. The summed E-state index contributed by atoms with van der Waals surface area (Å²) in [5.41, 5.74) is 1.90. The van der Waals surface area contributed by atoms with E-state index in [1.165, 1.54) is 6.92 Å². The molecular weight excluding hydrogens is 476 g/mol. The van der Waals surface area contributed by atoms with E-state index in [1.54, 1.807) is 0 Å². The van der Waals surface area contributed by atoms with Gasteiger partial charge in [0.25, 0.3) is 0 Å². The maximum absolute atomic E-state index is 12.4. The van der Waals surface area contributed by atoms with Gasteiger partial charge in [-0.05, 0) is 11.1 Å². The number of benzene rings is 1. The highest BCUT2D eigenvalue weighted by Gasteiger charge is 2.54. The number of hydrogen-bond donors (Lipinski definition) is 0. The van der Waals surface area contributed by atoms with Crippen LogP contribution in [0.25, 0.3) is 0 Å². The molecule has 1 aliphatic heterocycles. The zero-order valence-corrected chi connectivity index (χ0v) is 19.2. The molecule has 3 unspecified atom stereocenters. The van der Waals surface area contributed by atoms with Crippen molar-refractivity contribution in [2.45, 2.75) is 63.0 Å². The molecule has 1 saturated heterocycles. The average Bonchev–Trinajstić information content (AvgIpc) is 2.71. The van der Waals surface area contributed by atoms with Crippen LogP contribution in [0.5, 0.6) is 0 Å². The lowest BCUT2D eigenvalue weighted by molar-refractivity contribution is -0.248. The van der Waals surface area contributed by atoms with Crippen molar-refractivity contribution in [1.29, 1.82) is 0 Å². The molecule has 2 rings (SSSR count). The van der Waals surface area contributed by atoms with Gasteiger partial charge in [-0.1, -0.05) is 40.2 Å². The Kier molecular flexibility index (Phi) is 9.00. The highest BCUT2D eigenvalue weighted by atomic mass is 79.9. The highest BCUT2D eigenvalue weighted by molar-refractivity contribution is 9.08. The number of ether oxygens (including phenoxy) is 5. The Bertz CT molecular complexity index is 808. The summed E-state index contributed by atoms with van der Waals surface area (Å²) in [6.07, 6.45) is -5.77. The van der Waals surface area contributed by atoms with Crippen LogP contribution in [0.2, 0.25) is 0 Å². The lowest BCUT2D eigenvalue weighted by Gasteiger charge is -2.43. The second kappa shape index (κ2) is 11.2. The normalized spacial score (nSPS) is 25.3. The van der Waals surface area contributed by atoms with Crippen LogP contribution in [0, 0.1) is 0 Å². The third-order valence-electron chi connectivity index (χ3n) is 4.59. The largest absolute Gasteiger partial charge is 0.467 e. The van der Waals surface area contributed by atoms with Crippen molar-refractivity contribution in [3.8, 4) is 0 Å². The van der Waals surface area contributed by atoms with Crippen LogP contribution >= 0.6 is 15.9 Å². The molecule has 0 amide bonds. The molecule has 1 aromatic carbocycles. The number of methoxy groups -OCH3 is 1. The quantitative estimate of drug-likeness (QED) is 0.314. The molecule has 0 bridgehead atoms. The predicted molar refractivity (Wildman–Crippen MR) is 110 cm³/mol. The van der Waals surface area contributed by atoms with Gasteiger partial charge in [0.15, 0.2) is 24.4 Å². The van der Waals surface area contributed by atoms with Crippen LogP contribution in [0.1, 0.15) is 31.9 Å². The van der Waals surface area contributed by atoms with Crippen molar-refractivity contribution in [3.63, 3.8) is 0 Å². The number of hydrogen-bond acceptors (Lipinski definition) is 9.